The molecule has 3 heterocycles. The summed E-state index contributed by atoms with van der Waals surface area (Å²) < 4.78 is 28.5. The summed E-state index contributed by atoms with van der Waals surface area (Å²) in [6, 6.07) is -4.51. The zero-order valence-corrected chi connectivity index (χ0v) is 27.8. The van der Waals surface area contributed by atoms with Crippen molar-refractivity contribution in [1.29, 1.82) is 0 Å². The van der Waals surface area contributed by atoms with Gasteiger partial charge in [0.1, 0.15) is 79.2 Å². The third-order valence-electron chi connectivity index (χ3n) is 8.34. The van der Waals surface area contributed by atoms with E-state index in [1.807, 2.05) is 0 Å². The van der Waals surface area contributed by atoms with E-state index in [0.717, 1.165) is 20.8 Å². The van der Waals surface area contributed by atoms with Gasteiger partial charge in [-0.2, -0.15) is 0 Å². The molecule has 23 heteroatoms. The van der Waals surface area contributed by atoms with Crippen molar-refractivity contribution in [1.82, 2.24) is 21.3 Å². The smallest absolute Gasteiger partial charge is 0.240 e. The van der Waals surface area contributed by atoms with Crippen LogP contribution in [0.5, 0.6) is 0 Å². The molecule has 7 unspecified atom stereocenters. The molecule has 23 nitrogen and oxygen atoms in total. The number of carbonyl (C=O) groups excluding carboxylic acids is 5. The summed E-state index contributed by atoms with van der Waals surface area (Å²) in [7, 11) is 0. The quantitative estimate of drug-likeness (QED) is 0.0786. The van der Waals surface area contributed by atoms with Crippen molar-refractivity contribution in [3.63, 3.8) is 0 Å². The Morgan fingerprint density at radius 1 is 0.627 bits per heavy atom. The molecule has 0 radical (unpaired) electrons. The third kappa shape index (κ3) is 10.5. The van der Waals surface area contributed by atoms with E-state index in [1.54, 1.807) is 0 Å². The SMILES string of the molecule is CC(=O)NC(CC(=O)NC1OC(CO)[C@@H](O[C@@H]2O[C@H](CO)C(O[C@@H]3O[C@H](CO)C(O)[C@H](O)[C@@H]3O)[C@H](O)C2NC(C)=O)C(O)[C@H]1NC(C)=O)C(N)=O. The van der Waals surface area contributed by atoms with Crippen molar-refractivity contribution in [3.8, 4) is 0 Å². The monoisotopic (exact) mass is 741 g/mol. The first-order valence-electron chi connectivity index (χ1n) is 15.8. The molecule has 16 atom stereocenters. The maximum Gasteiger partial charge on any atom is 0.240 e. The molecular formula is C28H47N5O18. The van der Waals surface area contributed by atoms with Crippen LogP contribution in [0.3, 0.4) is 0 Å². The second kappa shape index (κ2) is 18.5. The van der Waals surface area contributed by atoms with E-state index < -0.39 is 154 Å². The van der Waals surface area contributed by atoms with Crippen LogP contribution in [0.2, 0.25) is 0 Å². The molecule has 0 aromatic rings. The number of hydrogen-bond acceptors (Lipinski definition) is 18. The molecule has 3 aliphatic rings. The largest absolute Gasteiger partial charge is 0.394 e. The molecule has 0 saturated carbocycles. The number of aliphatic hydroxyl groups is 8. The molecule has 3 aliphatic heterocycles. The number of amides is 5. The molecule has 3 saturated heterocycles. The van der Waals surface area contributed by atoms with Crippen LogP contribution >= 0.6 is 0 Å². The van der Waals surface area contributed by atoms with Crippen LogP contribution in [0.25, 0.3) is 0 Å². The third-order valence-corrected chi connectivity index (χ3v) is 8.34. The van der Waals surface area contributed by atoms with Gasteiger partial charge in [0.15, 0.2) is 18.8 Å². The van der Waals surface area contributed by atoms with Gasteiger partial charge in [-0.1, -0.05) is 0 Å². The van der Waals surface area contributed by atoms with Gasteiger partial charge >= 0.3 is 0 Å². The number of carbonyl (C=O) groups is 5. The molecule has 3 rings (SSSR count). The Morgan fingerprint density at radius 3 is 1.63 bits per heavy atom. The van der Waals surface area contributed by atoms with Crippen LogP contribution in [0.15, 0.2) is 0 Å². The van der Waals surface area contributed by atoms with Crippen LogP contribution in [-0.2, 0) is 47.7 Å². The van der Waals surface area contributed by atoms with Gasteiger partial charge in [0.2, 0.25) is 29.5 Å². The summed E-state index contributed by atoms with van der Waals surface area (Å²) in [6.07, 6.45) is -22.7. The Balaban J connectivity index is 1.85. The Labute approximate surface area is 290 Å². The predicted octanol–water partition coefficient (Wildman–Crippen LogP) is -8.78. The van der Waals surface area contributed by atoms with Crippen molar-refractivity contribution in [2.75, 3.05) is 19.8 Å². The molecule has 0 aliphatic carbocycles. The Morgan fingerprint density at radius 2 is 1.12 bits per heavy atom. The van der Waals surface area contributed by atoms with Gasteiger partial charge in [-0.05, 0) is 0 Å². The van der Waals surface area contributed by atoms with E-state index in [-0.39, 0.29) is 0 Å². The number of ether oxygens (including phenoxy) is 5. The first-order chi connectivity index (χ1) is 23.9. The summed E-state index contributed by atoms with van der Waals surface area (Å²) in [5.41, 5.74) is 5.25. The lowest BCUT2D eigenvalue weighted by molar-refractivity contribution is -0.358. The summed E-state index contributed by atoms with van der Waals surface area (Å²) in [5.74, 6) is -4.07. The van der Waals surface area contributed by atoms with Gasteiger partial charge in [-0.25, -0.2) is 0 Å². The standard InChI is InChI=1S/C28H47N5O18/c1-8(37)30-11(25(29)46)4-15(40)33-26-16(31-9(2)38)19(42)23(13(6-35)47-26)50-27-17(32-10(3)39)20(43)24(14(7-36)49-27)51-28-22(45)21(44)18(41)12(5-34)48-28/h11-14,16-24,26-28,34-36,41-45H,4-7H2,1-3H3,(H2,29,46)(H,30,37)(H,31,38)(H,32,39)(H,33,40)/t11?,12-,13?,14-,16-,17?,18?,19?,20-,21+,22+,23-,24?,26?,27+,28+/m1/s1. The zero-order valence-electron chi connectivity index (χ0n) is 27.8. The van der Waals surface area contributed by atoms with Crippen LogP contribution < -0.4 is 27.0 Å². The molecule has 3 fully saturated rings. The van der Waals surface area contributed by atoms with Gasteiger partial charge in [0.25, 0.3) is 0 Å². The fourth-order valence-electron chi connectivity index (χ4n) is 5.89. The number of nitrogens with two attached hydrogens (primary N) is 1. The molecular weight excluding hydrogens is 694 g/mol. The molecule has 14 N–H and O–H groups in total. The second-order valence-electron chi connectivity index (χ2n) is 12.3. The summed E-state index contributed by atoms with van der Waals surface area (Å²) >= 11 is 0. The van der Waals surface area contributed by atoms with Crippen molar-refractivity contribution < 1.29 is 88.5 Å². The molecule has 51 heavy (non-hydrogen) atoms. The number of rotatable bonds is 14. The first kappa shape index (κ1) is 42.2. The van der Waals surface area contributed by atoms with E-state index in [9.17, 15) is 64.8 Å². The average Bonchev–Trinajstić information content (AvgIpc) is 3.05. The molecule has 0 aromatic carbocycles. The summed E-state index contributed by atoms with van der Waals surface area (Å²) in [5, 5.41) is 92.7. The highest BCUT2D eigenvalue weighted by Crippen LogP contribution is 2.32. The Kier molecular flexibility index (Phi) is 15.4. The highest BCUT2D eigenvalue weighted by Gasteiger charge is 2.54. The number of nitrogens with one attached hydrogen (secondary N) is 4. The van der Waals surface area contributed by atoms with E-state index in [2.05, 4.69) is 21.3 Å². The lowest BCUT2D eigenvalue weighted by Gasteiger charge is -2.49. The Hall–Kier alpha value is -3.17. The maximum absolute atomic E-state index is 12.8. The molecule has 0 aromatic heterocycles. The summed E-state index contributed by atoms with van der Waals surface area (Å²) in [6.45, 7) is 0.660. The molecule has 5 amide bonds. The number of hydrogen-bond donors (Lipinski definition) is 13. The maximum atomic E-state index is 12.8. The van der Waals surface area contributed by atoms with Crippen LogP contribution in [0.4, 0.5) is 0 Å². The van der Waals surface area contributed by atoms with Crippen molar-refractivity contribution in [3.05, 3.63) is 0 Å². The topological polar surface area (TPSA) is 367 Å². The molecule has 292 valence electrons. The average molecular weight is 742 g/mol. The highest BCUT2D eigenvalue weighted by atomic mass is 16.7. The minimum Gasteiger partial charge on any atom is -0.394 e. The van der Waals surface area contributed by atoms with Crippen LogP contribution in [0.1, 0.15) is 27.2 Å². The lowest BCUT2D eigenvalue weighted by atomic mass is 9.93. The number of primary amides is 1. The van der Waals surface area contributed by atoms with Crippen LogP contribution in [-0.4, -0.2) is 188 Å². The zero-order chi connectivity index (χ0) is 38.3. The van der Waals surface area contributed by atoms with E-state index in [1.165, 1.54) is 0 Å². The van der Waals surface area contributed by atoms with Crippen molar-refractivity contribution in [2.45, 2.75) is 125 Å². The van der Waals surface area contributed by atoms with Gasteiger partial charge in [-0.15, -0.1) is 0 Å². The summed E-state index contributed by atoms with van der Waals surface area (Å²) in [4.78, 5) is 60.3. The van der Waals surface area contributed by atoms with E-state index in [0.29, 0.717) is 0 Å². The molecule has 0 spiro atoms. The lowest BCUT2D eigenvalue weighted by Crippen LogP contribution is -2.71. The van der Waals surface area contributed by atoms with Gasteiger partial charge in [0, 0.05) is 20.8 Å². The van der Waals surface area contributed by atoms with Crippen molar-refractivity contribution in [2.24, 2.45) is 5.73 Å². The minimum atomic E-state index is -1.91. The fraction of sp³-hybridized carbons (Fsp3) is 0.821. The fourth-order valence-corrected chi connectivity index (χ4v) is 5.89. The molecule has 0 bridgehead atoms. The van der Waals surface area contributed by atoms with Gasteiger partial charge in [0.05, 0.1) is 26.2 Å². The Bertz CT molecular complexity index is 1230. The second-order valence-corrected chi connectivity index (χ2v) is 12.3. The van der Waals surface area contributed by atoms with E-state index >= 15 is 0 Å². The van der Waals surface area contributed by atoms with Gasteiger partial charge in [-0.3, -0.25) is 24.0 Å². The van der Waals surface area contributed by atoms with Gasteiger partial charge < -0.3 is 91.5 Å². The highest BCUT2D eigenvalue weighted by molar-refractivity contribution is 5.90. The normalized spacial score (nSPS) is 38.9. The predicted molar refractivity (Wildman–Crippen MR) is 162 cm³/mol. The van der Waals surface area contributed by atoms with Crippen molar-refractivity contribution >= 4 is 29.5 Å². The van der Waals surface area contributed by atoms with E-state index in [4.69, 9.17) is 29.4 Å². The minimum absolute atomic E-state index is 0.657. The number of aliphatic hydroxyl groups excluding tert-OH is 8. The van der Waals surface area contributed by atoms with Crippen LogP contribution in [0, 0.1) is 0 Å². The first-order valence-corrected chi connectivity index (χ1v) is 15.8.